The van der Waals surface area contributed by atoms with Gasteiger partial charge in [-0.15, -0.1) is 0 Å². The third kappa shape index (κ3) is 18.7. The van der Waals surface area contributed by atoms with Gasteiger partial charge in [-0.1, -0.05) is 93.5 Å². The summed E-state index contributed by atoms with van der Waals surface area (Å²) in [6.45, 7) is 40.6. The number of benzene rings is 3. The highest BCUT2D eigenvalue weighted by Gasteiger charge is 2.64. The Labute approximate surface area is 620 Å². The Morgan fingerprint density at radius 1 is 0.476 bits per heavy atom. The minimum Gasteiger partial charge on any atom is -0.508 e. The first-order valence-corrected chi connectivity index (χ1v) is 40.7. The summed E-state index contributed by atoms with van der Waals surface area (Å²) < 4.78 is 34.5. The van der Waals surface area contributed by atoms with Gasteiger partial charge in [0.05, 0.1) is 33.0 Å². The van der Waals surface area contributed by atoms with Crippen molar-refractivity contribution in [3.05, 3.63) is 66.2 Å². The quantitative estimate of drug-likeness (QED) is 0.0615. The molecule has 3 aromatic rings. The van der Waals surface area contributed by atoms with Gasteiger partial charge in [-0.3, -0.25) is 28.8 Å². The molecule has 14 nitrogen and oxygen atoms in total. The van der Waals surface area contributed by atoms with Crippen molar-refractivity contribution in [2.24, 2.45) is 92.2 Å². The highest BCUT2D eigenvalue weighted by Crippen LogP contribution is 2.63. The second-order valence-electron chi connectivity index (χ2n) is 36.6. The molecule has 1 heterocycles. The summed E-state index contributed by atoms with van der Waals surface area (Å²) in [5.41, 5.74) is -0.951. The van der Waals surface area contributed by atoms with Gasteiger partial charge in [0.15, 0.2) is 0 Å². The second kappa shape index (κ2) is 33.6. The normalized spacial score (nSPS) is 30.3. The Balaban J connectivity index is 0.000000157. The van der Waals surface area contributed by atoms with Gasteiger partial charge < -0.3 is 38.6 Å². The van der Waals surface area contributed by atoms with Crippen LogP contribution in [0.15, 0.2) is 60.7 Å². The summed E-state index contributed by atoms with van der Waals surface area (Å²) in [5.74, 6) is 8.06. The molecule has 12 aliphatic rings. The number of phenols is 2. The number of ether oxygens (including phenoxy) is 6. The average Bonchev–Trinajstić information content (AvgIpc) is 1.17. The van der Waals surface area contributed by atoms with E-state index in [1.54, 1.807) is 24.3 Å². The molecular formula is C89H136O14. The summed E-state index contributed by atoms with van der Waals surface area (Å²) in [4.78, 5) is 72.7. The Morgan fingerprint density at radius 3 is 1.29 bits per heavy atom. The molecule has 103 heavy (non-hydrogen) atoms. The van der Waals surface area contributed by atoms with E-state index in [1.165, 1.54) is 100 Å². The molecule has 14 heteroatoms. The van der Waals surface area contributed by atoms with Gasteiger partial charge in [0.2, 0.25) is 0 Å². The predicted molar refractivity (Wildman–Crippen MR) is 408 cm³/mol. The van der Waals surface area contributed by atoms with Gasteiger partial charge >= 0.3 is 35.8 Å². The first kappa shape index (κ1) is 83.0. The zero-order valence-electron chi connectivity index (χ0n) is 67.3. The van der Waals surface area contributed by atoms with Gasteiger partial charge in [0, 0.05) is 11.8 Å². The van der Waals surface area contributed by atoms with E-state index in [0.29, 0.717) is 52.9 Å². The van der Waals surface area contributed by atoms with Crippen molar-refractivity contribution in [1.82, 2.24) is 0 Å². The maximum Gasteiger partial charge on any atom is 0.316 e. The minimum absolute atomic E-state index is 0.0197. The Bertz CT molecular complexity index is 3230. The third-order valence-corrected chi connectivity index (χ3v) is 28.1. The molecular weight excluding hydrogens is 1290 g/mol. The van der Waals surface area contributed by atoms with Gasteiger partial charge in [0.25, 0.3) is 0 Å². The largest absolute Gasteiger partial charge is 0.508 e. The van der Waals surface area contributed by atoms with E-state index in [0.717, 1.165) is 113 Å². The van der Waals surface area contributed by atoms with Crippen molar-refractivity contribution in [3.63, 3.8) is 0 Å². The van der Waals surface area contributed by atoms with Crippen molar-refractivity contribution in [2.45, 2.75) is 334 Å². The topological polar surface area (TPSA) is 198 Å². The van der Waals surface area contributed by atoms with E-state index < -0.39 is 10.8 Å². The number of rotatable bonds is 20. The SMILES string of the molecule is CCC(C)(C)C(=O)OC1(CC)C2CC3CC(C2)CC1C3.CCC(C)(C)C(=O)OC1(CC)C2CC3CC(C2)CC1C3.CCC(C)(C)C(=O)OC1C2CC3C(=O)OC1C3C2.CCC(C)(C)C(=O)Oc1ccc(O)cc1.CCC(C)c1ccc2cc(O)ccc2c1.CCC1(OC(=O)C(C)(C)CC)CCCC1. The van der Waals surface area contributed by atoms with E-state index in [-0.39, 0.29) is 92.7 Å². The predicted octanol–water partition coefficient (Wildman–Crippen LogP) is 21.5. The molecule has 12 fully saturated rings. The van der Waals surface area contributed by atoms with Crippen LogP contribution in [0, 0.1) is 92.2 Å². The first-order valence-electron chi connectivity index (χ1n) is 40.7. The zero-order chi connectivity index (χ0) is 76.0. The molecule has 0 spiro atoms. The van der Waals surface area contributed by atoms with E-state index in [2.05, 4.69) is 66.7 Å². The summed E-state index contributed by atoms with van der Waals surface area (Å²) >= 11 is 0. The smallest absolute Gasteiger partial charge is 0.316 e. The number of carbonyl (C=O) groups excluding carboxylic acids is 6. The number of carbonyl (C=O) groups is 6. The minimum atomic E-state index is -0.474. The molecule has 576 valence electrons. The summed E-state index contributed by atoms with van der Waals surface area (Å²) in [7, 11) is 0. The summed E-state index contributed by atoms with van der Waals surface area (Å²) in [5, 5.41) is 20.7. The standard InChI is InChI=1S/2C18H30O2.C14H20O4.C14H16O.C13H24O2.C12H16O3/c2*1-5-17(3,4)16(19)20-18(6-2)14-8-12-7-13(10-14)11-15(18)9-12;1-4-14(2,3)13(16)18-10-7-5-8-9(6-7)12(15)17-11(8)10;1-3-10(2)11-4-5-13-9-14(15)7-6-12(13)8-11;1-5-12(3,4)11(14)15-13(6-2)9-7-8-10-13;1-4-12(2,3)11(14)15-10-7-5-9(13)6-8-10/h2*12-15H,5-11H2,1-4H3;7-11H,4-6H2,1-3H3;4-10,15H,3H2,1-2H3;5-10H2,1-4H3;5-8,13H,4H2,1-3H3. The number of esters is 6. The molecule has 6 unspecified atom stereocenters. The van der Waals surface area contributed by atoms with E-state index >= 15 is 0 Å². The van der Waals surface area contributed by atoms with Crippen LogP contribution in [-0.2, 0) is 52.5 Å². The molecule has 11 saturated carbocycles. The average molecular weight is 1430 g/mol. The lowest BCUT2D eigenvalue weighted by Gasteiger charge is -2.60. The Morgan fingerprint density at radius 2 is 0.874 bits per heavy atom. The maximum absolute atomic E-state index is 12.6. The van der Waals surface area contributed by atoms with Crippen LogP contribution in [-0.4, -0.2) is 75.0 Å². The molecule has 15 rings (SSSR count). The lowest BCUT2D eigenvalue weighted by Crippen LogP contribution is -2.60. The molecule has 3 aromatic carbocycles. The van der Waals surface area contributed by atoms with Crippen LogP contribution in [0.25, 0.3) is 10.8 Å². The monoisotopic (exact) mass is 1430 g/mol. The molecule has 0 amide bonds. The molecule has 0 radical (unpaired) electrons. The van der Waals surface area contributed by atoms with Crippen molar-refractivity contribution < 1.29 is 67.4 Å². The molecule has 1 aliphatic heterocycles. The van der Waals surface area contributed by atoms with E-state index in [1.807, 2.05) is 96.1 Å². The fraction of sp³-hybridized carbons (Fsp3) is 0.753. The Kier molecular flexibility index (Phi) is 27.1. The van der Waals surface area contributed by atoms with Crippen LogP contribution in [0.5, 0.6) is 17.2 Å². The van der Waals surface area contributed by atoms with Crippen LogP contribution in [0.3, 0.4) is 0 Å². The summed E-state index contributed by atoms with van der Waals surface area (Å²) in [6.07, 6.45) is 27.4. The van der Waals surface area contributed by atoms with Crippen LogP contribution in [0.4, 0.5) is 0 Å². The lowest BCUT2D eigenvalue weighted by molar-refractivity contribution is -0.218. The number of fused-ring (bicyclic) bond motifs is 2. The zero-order valence-corrected chi connectivity index (χ0v) is 67.3. The van der Waals surface area contributed by atoms with Gasteiger partial charge in [-0.25, -0.2) is 0 Å². The third-order valence-electron chi connectivity index (χ3n) is 28.1. The summed E-state index contributed by atoms with van der Waals surface area (Å²) in [6, 6.07) is 18.1. The van der Waals surface area contributed by atoms with Crippen LogP contribution < -0.4 is 4.74 Å². The highest BCUT2D eigenvalue weighted by molar-refractivity contribution is 5.85. The van der Waals surface area contributed by atoms with Gasteiger partial charge in [0.1, 0.15) is 46.3 Å². The van der Waals surface area contributed by atoms with Crippen LogP contribution in [0.2, 0.25) is 0 Å². The maximum atomic E-state index is 12.6. The number of aromatic hydroxyl groups is 2. The molecule has 10 bridgehead atoms. The molecule has 11 aliphatic carbocycles. The van der Waals surface area contributed by atoms with E-state index in [4.69, 9.17) is 33.5 Å². The number of hydrogen-bond donors (Lipinski definition) is 2. The second-order valence-corrected chi connectivity index (χ2v) is 36.6. The fourth-order valence-electron chi connectivity index (χ4n) is 18.7. The highest BCUT2D eigenvalue weighted by atomic mass is 16.6. The van der Waals surface area contributed by atoms with Gasteiger partial charge in [-0.2, -0.15) is 0 Å². The van der Waals surface area contributed by atoms with Gasteiger partial charge in [-0.05, 0) is 336 Å². The fourth-order valence-corrected chi connectivity index (χ4v) is 18.7. The molecule has 0 aromatic heterocycles. The number of phenolic OH excluding ortho intramolecular Hbond substituents is 2. The lowest BCUT2D eigenvalue weighted by atomic mass is 9.49. The van der Waals surface area contributed by atoms with Crippen molar-refractivity contribution in [1.29, 1.82) is 0 Å². The first-order chi connectivity index (χ1) is 48.4. The van der Waals surface area contributed by atoms with Crippen molar-refractivity contribution >= 4 is 46.6 Å². The molecule has 1 saturated heterocycles. The van der Waals surface area contributed by atoms with E-state index in [9.17, 15) is 33.9 Å². The molecule has 2 N–H and O–H groups in total. The van der Waals surface area contributed by atoms with Crippen molar-refractivity contribution in [3.8, 4) is 17.2 Å². The van der Waals surface area contributed by atoms with Crippen LogP contribution in [0.1, 0.15) is 310 Å². The molecule has 6 atom stereocenters. The number of hydrogen-bond acceptors (Lipinski definition) is 14. The Hall–Kier alpha value is -5.66. The van der Waals surface area contributed by atoms with Crippen molar-refractivity contribution in [2.75, 3.05) is 0 Å². The van der Waals surface area contributed by atoms with Crippen LogP contribution >= 0.6 is 0 Å².